The van der Waals surface area contributed by atoms with Gasteiger partial charge in [-0.15, -0.1) is 0 Å². The van der Waals surface area contributed by atoms with E-state index in [1.807, 2.05) is 0 Å². The summed E-state index contributed by atoms with van der Waals surface area (Å²) in [6, 6.07) is 0.606. The van der Waals surface area contributed by atoms with Crippen molar-refractivity contribution in [3.05, 3.63) is 11.8 Å². The van der Waals surface area contributed by atoms with Crippen molar-refractivity contribution < 1.29 is 0 Å². The Hall–Kier alpha value is -0.830. The second-order valence-corrected chi connectivity index (χ2v) is 5.31. The highest BCUT2D eigenvalue weighted by Crippen LogP contribution is 2.28. The van der Waals surface area contributed by atoms with Crippen LogP contribution in [0.15, 0.2) is 11.8 Å². The van der Waals surface area contributed by atoms with Gasteiger partial charge in [0.05, 0.1) is 0 Å². The van der Waals surface area contributed by atoms with Crippen LogP contribution >= 0.6 is 0 Å². The van der Waals surface area contributed by atoms with Crippen molar-refractivity contribution in [2.45, 2.75) is 51.0 Å². The molecule has 17 heavy (non-hydrogen) atoms. The van der Waals surface area contributed by atoms with Crippen LogP contribution in [0.25, 0.3) is 0 Å². The molecule has 0 aromatic heterocycles. The van der Waals surface area contributed by atoms with Gasteiger partial charge in [-0.2, -0.15) is 0 Å². The molecular weight excluding hydrogens is 210 g/mol. The van der Waals surface area contributed by atoms with Crippen LogP contribution in [0.2, 0.25) is 0 Å². The molecule has 1 aliphatic heterocycles. The Labute approximate surface area is 105 Å². The first-order chi connectivity index (χ1) is 8.40. The van der Waals surface area contributed by atoms with Gasteiger partial charge in [-0.3, -0.25) is 0 Å². The molecule has 96 valence electrons. The molecule has 1 saturated carbocycles. The lowest BCUT2D eigenvalue weighted by Crippen LogP contribution is -2.38. The summed E-state index contributed by atoms with van der Waals surface area (Å²) >= 11 is 0. The Balaban J connectivity index is 1.85. The first-order valence-electron chi connectivity index (χ1n) is 7.07. The summed E-state index contributed by atoms with van der Waals surface area (Å²) in [6.07, 6.45) is 12.7. The van der Waals surface area contributed by atoms with Gasteiger partial charge in [0, 0.05) is 18.5 Å². The third-order valence-corrected chi connectivity index (χ3v) is 4.07. The molecule has 3 N–H and O–H groups in total. The number of rotatable bonds is 4. The van der Waals surface area contributed by atoms with Crippen molar-refractivity contribution in [1.82, 2.24) is 10.6 Å². The zero-order valence-electron chi connectivity index (χ0n) is 10.7. The van der Waals surface area contributed by atoms with E-state index < -0.39 is 0 Å². The Morgan fingerprint density at radius 1 is 1.06 bits per heavy atom. The summed E-state index contributed by atoms with van der Waals surface area (Å²) in [5.74, 6) is 0.635. The highest BCUT2D eigenvalue weighted by Gasteiger charge is 2.17. The van der Waals surface area contributed by atoms with Crippen LogP contribution in [0.5, 0.6) is 0 Å². The average Bonchev–Trinajstić information content (AvgIpc) is 2.42. The average molecular weight is 235 g/mol. The van der Waals surface area contributed by atoms with Crippen molar-refractivity contribution in [3.63, 3.8) is 0 Å². The maximum Gasteiger partial charge on any atom is 0.0280 e. The number of allylic oxidation sites excluding steroid dienone is 1. The van der Waals surface area contributed by atoms with Gasteiger partial charge >= 0.3 is 0 Å². The molecule has 3 nitrogen and oxygen atoms in total. The van der Waals surface area contributed by atoms with E-state index in [0.29, 0.717) is 12.0 Å². The van der Waals surface area contributed by atoms with Gasteiger partial charge in [-0.05, 0) is 50.3 Å². The third kappa shape index (κ3) is 3.84. The van der Waals surface area contributed by atoms with Crippen LogP contribution in [0, 0.1) is 11.3 Å². The van der Waals surface area contributed by atoms with Gasteiger partial charge in [0.25, 0.3) is 0 Å². The van der Waals surface area contributed by atoms with Crippen molar-refractivity contribution in [2.24, 2.45) is 5.92 Å². The van der Waals surface area contributed by atoms with Crippen molar-refractivity contribution in [1.29, 1.82) is 5.41 Å². The number of piperidine rings is 1. The lowest BCUT2D eigenvalue weighted by atomic mass is 9.84. The Morgan fingerprint density at radius 3 is 2.41 bits per heavy atom. The fourth-order valence-corrected chi connectivity index (χ4v) is 2.92. The molecule has 2 fully saturated rings. The molecule has 0 bridgehead atoms. The van der Waals surface area contributed by atoms with Crippen LogP contribution < -0.4 is 10.6 Å². The first kappa shape index (κ1) is 12.6. The zero-order chi connectivity index (χ0) is 11.9. The SMILES string of the molecule is N=C/C(=C\NC1CCNCC1)C1CCCCC1. The van der Waals surface area contributed by atoms with Gasteiger partial charge in [-0.1, -0.05) is 19.3 Å². The van der Waals surface area contributed by atoms with Crippen LogP contribution in [-0.4, -0.2) is 25.3 Å². The maximum absolute atomic E-state index is 7.57. The van der Waals surface area contributed by atoms with E-state index in [1.165, 1.54) is 50.5 Å². The summed E-state index contributed by atoms with van der Waals surface area (Å²) in [5, 5.41) is 14.5. The largest absolute Gasteiger partial charge is 0.388 e. The zero-order valence-corrected chi connectivity index (χ0v) is 10.7. The van der Waals surface area contributed by atoms with Crippen molar-refractivity contribution in [2.75, 3.05) is 13.1 Å². The molecule has 1 aliphatic carbocycles. The van der Waals surface area contributed by atoms with Crippen molar-refractivity contribution >= 4 is 6.21 Å². The minimum atomic E-state index is 0.606. The summed E-state index contributed by atoms with van der Waals surface area (Å²) in [5.41, 5.74) is 1.21. The Bertz CT molecular complexity index is 261. The van der Waals surface area contributed by atoms with Gasteiger partial charge in [-0.25, -0.2) is 0 Å². The predicted octanol–water partition coefficient (Wildman–Crippen LogP) is 2.44. The number of hydrogen-bond acceptors (Lipinski definition) is 3. The minimum absolute atomic E-state index is 0.606. The third-order valence-electron chi connectivity index (χ3n) is 4.07. The second-order valence-electron chi connectivity index (χ2n) is 5.31. The molecule has 0 unspecified atom stereocenters. The Kier molecular flexibility index (Phi) is 5.05. The van der Waals surface area contributed by atoms with Crippen LogP contribution in [0.3, 0.4) is 0 Å². The topological polar surface area (TPSA) is 47.9 Å². The van der Waals surface area contributed by atoms with Gasteiger partial charge in [0.15, 0.2) is 0 Å². The normalized spacial score (nSPS) is 24.6. The summed E-state index contributed by atoms with van der Waals surface area (Å²) in [7, 11) is 0. The van der Waals surface area contributed by atoms with Gasteiger partial charge < -0.3 is 16.0 Å². The van der Waals surface area contributed by atoms with E-state index in [4.69, 9.17) is 5.41 Å². The molecule has 0 radical (unpaired) electrons. The smallest absolute Gasteiger partial charge is 0.0280 e. The van der Waals surface area contributed by atoms with Crippen LogP contribution in [0.4, 0.5) is 0 Å². The lowest BCUT2D eigenvalue weighted by molar-refractivity contribution is 0.401. The molecule has 1 saturated heterocycles. The fourth-order valence-electron chi connectivity index (χ4n) is 2.92. The molecule has 0 spiro atoms. The maximum atomic E-state index is 7.57. The molecule has 2 rings (SSSR count). The molecule has 3 heteroatoms. The molecule has 0 aromatic carbocycles. The second kappa shape index (κ2) is 6.80. The van der Waals surface area contributed by atoms with E-state index >= 15 is 0 Å². The summed E-state index contributed by atoms with van der Waals surface area (Å²) < 4.78 is 0. The van der Waals surface area contributed by atoms with Crippen LogP contribution in [-0.2, 0) is 0 Å². The van der Waals surface area contributed by atoms with E-state index in [-0.39, 0.29) is 0 Å². The summed E-state index contributed by atoms with van der Waals surface area (Å²) in [4.78, 5) is 0. The fraction of sp³-hybridized carbons (Fsp3) is 0.786. The molecule has 0 amide bonds. The molecule has 0 atom stereocenters. The molecule has 2 aliphatic rings. The highest BCUT2D eigenvalue weighted by atomic mass is 15.0. The molecular formula is C14H25N3. The number of nitrogens with one attached hydrogen (secondary N) is 3. The quantitative estimate of drug-likeness (QED) is 0.655. The Morgan fingerprint density at radius 2 is 1.76 bits per heavy atom. The van der Waals surface area contributed by atoms with E-state index in [9.17, 15) is 0 Å². The standard InChI is InChI=1S/C14H25N3/c15-10-13(12-4-2-1-3-5-12)11-17-14-6-8-16-9-7-14/h10-12,14-17H,1-9H2/b13-11+,15-10?. The first-order valence-corrected chi connectivity index (χ1v) is 7.07. The minimum Gasteiger partial charge on any atom is -0.388 e. The predicted molar refractivity (Wildman–Crippen MR) is 72.5 cm³/mol. The monoisotopic (exact) mass is 235 g/mol. The van der Waals surface area contributed by atoms with Gasteiger partial charge in [0.1, 0.15) is 0 Å². The van der Waals surface area contributed by atoms with E-state index in [1.54, 1.807) is 6.21 Å². The lowest BCUT2D eigenvalue weighted by Gasteiger charge is -2.25. The summed E-state index contributed by atoms with van der Waals surface area (Å²) in [6.45, 7) is 2.24. The van der Waals surface area contributed by atoms with E-state index in [0.717, 1.165) is 13.1 Å². The van der Waals surface area contributed by atoms with Crippen molar-refractivity contribution in [3.8, 4) is 0 Å². The molecule has 1 heterocycles. The highest BCUT2D eigenvalue weighted by molar-refractivity contribution is 5.76. The number of hydrogen-bond donors (Lipinski definition) is 3. The molecule has 0 aromatic rings. The van der Waals surface area contributed by atoms with Gasteiger partial charge in [0.2, 0.25) is 0 Å². The van der Waals surface area contributed by atoms with E-state index in [2.05, 4.69) is 16.8 Å². The van der Waals surface area contributed by atoms with Crippen LogP contribution in [0.1, 0.15) is 44.9 Å².